The van der Waals surface area contributed by atoms with E-state index in [1.54, 1.807) is 0 Å². The Bertz CT molecular complexity index is 530. The quantitative estimate of drug-likeness (QED) is 0.831. The van der Waals surface area contributed by atoms with E-state index in [4.69, 9.17) is 5.11 Å². The van der Waals surface area contributed by atoms with Crippen LogP contribution in [0.15, 0.2) is 72.8 Å². The van der Waals surface area contributed by atoms with Crippen molar-refractivity contribution in [3.8, 4) is 0 Å². The van der Waals surface area contributed by atoms with Crippen LogP contribution in [-0.2, 0) is 10.2 Å². The van der Waals surface area contributed by atoms with Crippen LogP contribution < -0.4 is 0 Å². The molecule has 0 saturated carbocycles. The van der Waals surface area contributed by atoms with Crippen molar-refractivity contribution in [3.05, 3.63) is 83.9 Å². The molecule has 0 fully saturated rings. The summed E-state index contributed by atoms with van der Waals surface area (Å²) < 4.78 is 0. The lowest BCUT2D eigenvalue weighted by atomic mass is 9.78. The lowest BCUT2D eigenvalue weighted by Gasteiger charge is -2.25. The Balaban J connectivity index is 0.000000315. The molecular formula is C19H22O2. The summed E-state index contributed by atoms with van der Waals surface area (Å²) in [6.07, 6.45) is 0. The zero-order valence-corrected chi connectivity index (χ0v) is 12.8. The van der Waals surface area contributed by atoms with Crippen molar-refractivity contribution in [2.24, 2.45) is 0 Å². The first-order valence-electron chi connectivity index (χ1n) is 6.85. The van der Waals surface area contributed by atoms with E-state index in [2.05, 4.69) is 81.1 Å². The molecule has 2 rings (SSSR count). The molecule has 0 amide bonds. The maximum Gasteiger partial charge on any atom is 0.330 e. The molecule has 0 aliphatic carbocycles. The fourth-order valence-corrected chi connectivity index (χ4v) is 1.88. The minimum absolute atomic E-state index is 0.0858. The molecule has 0 aliphatic rings. The molecule has 0 bridgehead atoms. The minimum atomic E-state index is -0.935. The molecule has 0 aliphatic heterocycles. The Morgan fingerprint density at radius 2 is 1.19 bits per heavy atom. The van der Waals surface area contributed by atoms with Gasteiger partial charge in [-0.2, -0.15) is 0 Å². The summed E-state index contributed by atoms with van der Waals surface area (Å²) in [7, 11) is 0. The van der Waals surface area contributed by atoms with E-state index >= 15 is 0 Å². The van der Waals surface area contributed by atoms with Crippen molar-refractivity contribution >= 4 is 5.97 Å². The van der Waals surface area contributed by atoms with Gasteiger partial charge in [0, 0.05) is 11.0 Å². The van der Waals surface area contributed by atoms with E-state index in [9.17, 15) is 4.79 Å². The van der Waals surface area contributed by atoms with Crippen LogP contribution in [-0.4, -0.2) is 11.1 Å². The molecule has 0 spiro atoms. The Labute approximate surface area is 126 Å². The minimum Gasteiger partial charge on any atom is -0.478 e. The van der Waals surface area contributed by atoms with Crippen molar-refractivity contribution in [1.82, 2.24) is 0 Å². The van der Waals surface area contributed by atoms with E-state index < -0.39 is 5.97 Å². The van der Waals surface area contributed by atoms with Crippen LogP contribution >= 0.6 is 0 Å². The number of hydrogen-bond acceptors (Lipinski definition) is 1. The lowest BCUT2D eigenvalue weighted by molar-refractivity contribution is -0.132. The standard InChI is InChI=1S/C15H16.C4H6O2/c1-15(2,13-9-5-3-6-10-13)14-11-7-4-8-12-14;1-3(2)4(5)6/h3-12H,1-2H3;1H2,2H3,(H,5,6). The first-order valence-corrected chi connectivity index (χ1v) is 6.85. The first kappa shape index (κ1) is 16.7. The van der Waals surface area contributed by atoms with Gasteiger partial charge in [-0.25, -0.2) is 4.79 Å². The molecule has 0 atom stereocenters. The zero-order valence-electron chi connectivity index (χ0n) is 12.8. The van der Waals surface area contributed by atoms with Crippen molar-refractivity contribution in [2.75, 3.05) is 0 Å². The summed E-state index contributed by atoms with van der Waals surface area (Å²) in [5.74, 6) is -0.935. The largest absolute Gasteiger partial charge is 0.478 e. The predicted molar refractivity (Wildman–Crippen MR) is 87.5 cm³/mol. The number of carboxylic acid groups (broad SMARTS) is 1. The number of rotatable bonds is 3. The number of benzene rings is 2. The van der Waals surface area contributed by atoms with Crippen LogP contribution in [0.1, 0.15) is 31.9 Å². The van der Waals surface area contributed by atoms with Gasteiger partial charge in [-0.05, 0) is 18.1 Å². The van der Waals surface area contributed by atoms with Gasteiger partial charge in [0.1, 0.15) is 0 Å². The average molecular weight is 282 g/mol. The van der Waals surface area contributed by atoms with Crippen molar-refractivity contribution in [2.45, 2.75) is 26.2 Å². The van der Waals surface area contributed by atoms with Crippen LogP contribution in [0.2, 0.25) is 0 Å². The van der Waals surface area contributed by atoms with E-state index in [1.165, 1.54) is 18.1 Å². The van der Waals surface area contributed by atoms with Gasteiger partial charge in [0.2, 0.25) is 0 Å². The summed E-state index contributed by atoms with van der Waals surface area (Å²) in [5, 5.41) is 7.89. The van der Waals surface area contributed by atoms with Crippen molar-refractivity contribution in [3.63, 3.8) is 0 Å². The highest BCUT2D eigenvalue weighted by Gasteiger charge is 2.21. The highest BCUT2D eigenvalue weighted by molar-refractivity contribution is 5.84. The maximum atomic E-state index is 9.60. The third-order valence-corrected chi connectivity index (χ3v) is 3.36. The first-order chi connectivity index (χ1) is 9.85. The molecule has 2 aromatic rings. The molecule has 0 saturated heterocycles. The summed E-state index contributed by atoms with van der Waals surface area (Å²) in [6.45, 7) is 9.12. The van der Waals surface area contributed by atoms with Gasteiger partial charge in [0.15, 0.2) is 0 Å². The zero-order chi connectivity index (χ0) is 15.9. The van der Waals surface area contributed by atoms with Crippen molar-refractivity contribution in [1.29, 1.82) is 0 Å². The smallest absolute Gasteiger partial charge is 0.330 e. The Morgan fingerprint density at radius 1 is 0.905 bits per heavy atom. The highest BCUT2D eigenvalue weighted by atomic mass is 16.4. The molecule has 2 aromatic carbocycles. The fourth-order valence-electron chi connectivity index (χ4n) is 1.88. The molecule has 0 aromatic heterocycles. The van der Waals surface area contributed by atoms with Crippen molar-refractivity contribution < 1.29 is 9.90 Å². The SMILES string of the molecule is C=C(C)C(=O)O.CC(C)(c1ccccc1)c1ccccc1. The van der Waals surface area contributed by atoms with Crippen LogP contribution in [0, 0.1) is 0 Å². The van der Waals surface area contributed by atoms with Gasteiger partial charge in [0.05, 0.1) is 0 Å². The molecule has 110 valence electrons. The molecule has 2 heteroatoms. The molecular weight excluding hydrogens is 260 g/mol. The van der Waals surface area contributed by atoms with Gasteiger partial charge < -0.3 is 5.11 Å². The van der Waals surface area contributed by atoms with Gasteiger partial charge >= 0.3 is 5.97 Å². The summed E-state index contributed by atoms with van der Waals surface area (Å²) in [6, 6.07) is 21.3. The van der Waals surface area contributed by atoms with Gasteiger partial charge in [-0.15, -0.1) is 0 Å². The monoisotopic (exact) mass is 282 g/mol. The lowest BCUT2D eigenvalue weighted by Crippen LogP contribution is -2.18. The van der Waals surface area contributed by atoms with E-state index in [1.807, 2.05) is 0 Å². The number of aliphatic carboxylic acids is 1. The van der Waals surface area contributed by atoms with Gasteiger partial charge in [0.25, 0.3) is 0 Å². The maximum absolute atomic E-state index is 9.60. The average Bonchev–Trinajstić information content (AvgIpc) is 2.49. The second kappa shape index (κ2) is 7.44. The normalized spacial score (nSPS) is 10.2. The fraction of sp³-hybridized carbons (Fsp3) is 0.211. The highest BCUT2D eigenvalue weighted by Crippen LogP contribution is 2.30. The molecule has 1 N–H and O–H groups in total. The number of carboxylic acids is 1. The second-order valence-corrected chi connectivity index (χ2v) is 5.44. The van der Waals surface area contributed by atoms with Crippen LogP contribution in [0.3, 0.4) is 0 Å². The van der Waals surface area contributed by atoms with Gasteiger partial charge in [-0.3, -0.25) is 0 Å². The molecule has 0 radical (unpaired) electrons. The number of carbonyl (C=O) groups is 1. The Morgan fingerprint density at radius 3 is 1.43 bits per heavy atom. The second-order valence-electron chi connectivity index (χ2n) is 5.44. The number of hydrogen-bond donors (Lipinski definition) is 1. The summed E-state index contributed by atoms with van der Waals surface area (Å²) in [4.78, 5) is 9.60. The Hall–Kier alpha value is -2.35. The third kappa shape index (κ3) is 4.92. The van der Waals surface area contributed by atoms with Crippen LogP contribution in [0.25, 0.3) is 0 Å². The summed E-state index contributed by atoms with van der Waals surface area (Å²) >= 11 is 0. The van der Waals surface area contributed by atoms with E-state index in [0.29, 0.717) is 0 Å². The predicted octanol–water partition coefficient (Wildman–Crippen LogP) is 4.66. The van der Waals surface area contributed by atoms with Crippen LogP contribution in [0.5, 0.6) is 0 Å². The van der Waals surface area contributed by atoms with Gasteiger partial charge in [-0.1, -0.05) is 81.1 Å². The van der Waals surface area contributed by atoms with E-state index in [0.717, 1.165) is 0 Å². The molecule has 0 unspecified atom stereocenters. The molecule has 0 heterocycles. The molecule has 2 nitrogen and oxygen atoms in total. The third-order valence-electron chi connectivity index (χ3n) is 3.36. The topological polar surface area (TPSA) is 37.3 Å². The Kier molecular flexibility index (Phi) is 5.92. The van der Waals surface area contributed by atoms with Crippen LogP contribution in [0.4, 0.5) is 0 Å². The molecule has 21 heavy (non-hydrogen) atoms. The summed E-state index contributed by atoms with van der Waals surface area (Å²) in [5.41, 5.74) is 2.98. The van der Waals surface area contributed by atoms with E-state index in [-0.39, 0.29) is 11.0 Å².